The van der Waals surface area contributed by atoms with Gasteiger partial charge in [-0.2, -0.15) is 0 Å². The van der Waals surface area contributed by atoms with Gasteiger partial charge >= 0.3 is 0 Å². The van der Waals surface area contributed by atoms with Crippen molar-refractivity contribution >= 4 is 11.6 Å². The highest BCUT2D eigenvalue weighted by Crippen LogP contribution is 2.31. The van der Waals surface area contributed by atoms with Crippen molar-refractivity contribution in [2.45, 2.75) is 39.2 Å². The third kappa shape index (κ3) is 3.33. The molecule has 3 atom stereocenters. The first-order valence-corrected chi connectivity index (χ1v) is 7.56. The first-order chi connectivity index (χ1) is 9.49. The largest absolute Gasteiger partial charge is 0.382 e. The average Bonchev–Trinajstić information content (AvgIpc) is 2.42. The van der Waals surface area contributed by atoms with Gasteiger partial charge in [-0.1, -0.05) is 26.0 Å². The van der Waals surface area contributed by atoms with Gasteiger partial charge in [-0.25, -0.2) is 0 Å². The van der Waals surface area contributed by atoms with E-state index in [-0.39, 0.29) is 5.91 Å². The van der Waals surface area contributed by atoms with E-state index in [1.807, 2.05) is 24.3 Å². The van der Waals surface area contributed by atoms with Gasteiger partial charge in [0, 0.05) is 25.8 Å². The maximum Gasteiger partial charge on any atom is 0.255 e. The SMILES string of the molecule is CC1CCC(Nc2ccccc2C(=O)N(C)C)CC1C. The van der Waals surface area contributed by atoms with E-state index in [0.29, 0.717) is 6.04 Å². The molecule has 1 aliphatic rings. The summed E-state index contributed by atoms with van der Waals surface area (Å²) in [5.74, 6) is 1.62. The summed E-state index contributed by atoms with van der Waals surface area (Å²) in [6.45, 7) is 4.67. The van der Waals surface area contributed by atoms with Crippen molar-refractivity contribution in [1.82, 2.24) is 4.90 Å². The zero-order valence-electron chi connectivity index (χ0n) is 13.0. The summed E-state index contributed by atoms with van der Waals surface area (Å²) >= 11 is 0. The predicted molar refractivity (Wildman–Crippen MR) is 84.0 cm³/mol. The molecule has 1 aromatic carbocycles. The van der Waals surface area contributed by atoms with Crippen molar-refractivity contribution in [2.75, 3.05) is 19.4 Å². The van der Waals surface area contributed by atoms with Crippen LogP contribution < -0.4 is 5.32 Å². The molecule has 0 saturated heterocycles. The van der Waals surface area contributed by atoms with Gasteiger partial charge in [0.2, 0.25) is 0 Å². The Balaban J connectivity index is 2.12. The van der Waals surface area contributed by atoms with Gasteiger partial charge < -0.3 is 10.2 Å². The average molecular weight is 274 g/mol. The predicted octanol–water partition coefficient (Wildman–Crippen LogP) is 3.63. The Labute approximate surface area is 122 Å². The van der Waals surface area contributed by atoms with E-state index < -0.39 is 0 Å². The molecule has 0 heterocycles. The van der Waals surface area contributed by atoms with Gasteiger partial charge in [-0.05, 0) is 43.2 Å². The molecular formula is C17H26N2O. The highest BCUT2D eigenvalue weighted by Gasteiger charge is 2.25. The molecule has 0 bridgehead atoms. The third-order valence-electron chi connectivity index (χ3n) is 4.52. The lowest BCUT2D eigenvalue weighted by Crippen LogP contribution is -2.31. The molecular weight excluding hydrogens is 248 g/mol. The Hall–Kier alpha value is -1.51. The Morgan fingerprint density at radius 2 is 1.85 bits per heavy atom. The maximum absolute atomic E-state index is 12.2. The van der Waals surface area contributed by atoms with Crippen molar-refractivity contribution in [2.24, 2.45) is 11.8 Å². The molecule has 3 nitrogen and oxygen atoms in total. The van der Waals surface area contributed by atoms with Gasteiger partial charge in [0.1, 0.15) is 0 Å². The van der Waals surface area contributed by atoms with Gasteiger partial charge in [0.15, 0.2) is 0 Å². The minimum Gasteiger partial charge on any atom is -0.382 e. The first kappa shape index (κ1) is 14.9. The van der Waals surface area contributed by atoms with E-state index in [9.17, 15) is 4.79 Å². The highest BCUT2D eigenvalue weighted by atomic mass is 16.2. The molecule has 110 valence electrons. The van der Waals surface area contributed by atoms with Crippen LogP contribution in [-0.2, 0) is 0 Å². The quantitative estimate of drug-likeness (QED) is 0.913. The molecule has 1 N–H and O–H groups in total. The summed E-state index contributed by atoms with van der Waals surface area (Å²) in [4.78, 5) is 13.8. The number of amides is 1. The van der Waals surface area contributed by atoms with Crippen LogP contribution in [0.2, 0.25) is 0 Å². The fourth-order valence-electron chi connectivity index (χ4n) is 2.93. The standard InChI is InChI=1S/C17H26N2O/c1-12-9-10-14(11-13(12)2)18-16-8-6-5-7-15(16)17(20)19(3)4/h5-8,12-14,18H,9-11H2,1-4H3. The van der Waals surface area contributed by atoms with Gasteiger partial charge in [0.25, 0.3) is 5.91 Å². The topological polar surface area (TPSA) is 32.3 Å². The van der Waals surface area contributed by atoms with E-state index >= 15 is 0 Å². The van der Waals surface area contributed by atoms with E-state index in [1.54, 1.807) is 19.0 Å². The maximum atomic E-state index is 12.2. The molecule has 0 aromatic heterocycles. The molecule has 1 fully saturated rings. The monoisotopic (exact) mass is 274 g/mol. The first-order valence-electron chi connectivity index (χ1n) is 7.56. The lowest BCUT2D eigenvalue weighted by molar-refractivity contribution is 0.0828. The second-order valence-corrected chi connectivity index (χ2v) is 6.35. The Kier molecular flexibility index (Phi) is 4.69. The molecule has 1 saturated carbocycles. The zero-order chi connectivity index (χ0) is 14.7. The van der Waals surface area contributed by atoms with Crippen molar-refractivity contribution in [3.63, 3.8) is 0 Å². The number of rotatable bonds is 3. The van der Waals surface area contributed by atoms with Crippen LogP contribution >= 0.6 is 0 Å². The molecule has 3 heteroatoms. The van der Waals surface area contributed by atoms with Gasteiger partial charge in [0.05, 0.1) is 5.56 Å². The number of benzene rings is 1. The number of nitrogens with zero attached hydrogens (tertiary/aromatic N) is 1. The number of anilines is 1. The second kappa shape index (κ2) is 6.29. The van der Waals surface area contributed by atoms with Crippen LogP contribution in [0.4, 0.5) is 5.69 Å². The summed E-state index contributed by atoms with van der Waals surface area (Å²) in [7, 11) is 3.59. The van der Waals surface area contributed by atoms with Crippen LogP contribution in [0.1, 0.15) is 43.5 Å². The lowest BCUT2D eigenvalue weighted by Gasteiger charge is -2.33. The Morgan fingerprint density at radius 1 is 1.15 bits per heavy atom. The van der Waals surface area contributed by atoms with Crippen molar-refractivity contribution in [1.29, 1.82) is 0 Å². The molecule has 3 unspecified atom stereocenters. The van der Waals surface area contributed by atoms with Gasteiger partial charge in [-0.15, -0.1) is 0 Å². The van der Waals surface area contributed by atoms with Crippen molar-refractivity contribution in [3.8, 4) is 0 Å². The number of carbonyl (C=O) groups excluding carboxylic acids is 1. The van der Waals surface area contributed by atoms with Gasteiger partial charge in [-0.3, -0.25) is 4.79 Å². The molecule has 0 spiro atoms. The number of para-hydroxylation sites is 1. The van der Waals surface area contributed by atoms with Crippen LogP contribution in [0, 0.1) is 11.8 Å². The number of carbonyl (C=O) groups is 1. The molecule has 2 rings (SSSR count). The number of nitrogens with one attached hydrogen (secondary N) is 1. The van der Waals surface area contributed by atoms with Crippen molar-refractivity contribution in [3.05, 3.63) is 29.8 Å². The second-order valence-electron chi connectivity index (χ2n) is 6.35. The number of hydrogen-bond donors (Lipinski definition) is 1. The van der Waals surface area contributed by atoms with Crippen LogP contribution in [0.15, 0.2) is 24.3 Å². The van der Waals surface area contributed by atoms with Crippen LogP contribution in [0.25, 0.3) is 0 Å². The minimum absolute atomic E-state index is 0.0605. The smallest absolute Gasteiger partial charge is 0.255 e. The lowest BCUT2D eigenvalue weighted by atomic mass is 9.79. The molecule has 0 radical (unpaired) electrons. The van der Waals surface area contributed by atoms with Crippen LogP contribution in [-0.4, -0.2) is 30.9 Å². The van der Waals surface area contributed by atoms with E-state index in [2.05, 4.69) is 19.2 Å². The fourth-order valence-corrected chi connectivity index (χ4v) is 2.93. The summed E-state index contributed by atoms with van der Waals surface area (Å²) in [5.41, 5.74) is 1.74. The molecule has 1 amide bonds. The normalized spacial score (nSPS) is 26.1. The molecule has 0 aliphatic heterocycles. The Bertz CT molecular complexity index is 470. The van der Waals surface area contributed by atoms with E-state index in [4.69, 9.17) is 0 Å². The summed E-state index contributed by atoms with van der Waals surface area (Å²) in [6, 6.07) is 8.31. The molecule has 1 aliphatic carbocycles. The summed E-state index contributed by atoms with van der Waals surface area (Å²) in [6.07, 6.45) is 3.64. The van der Waals surface area contributed by atoms with E-state index in [0.717, 1.165) is 23.1 Å². The Morgan fingerprint density at radius 3 is 2.50 bits per heavy atom. The van der Waals surface area contributed by atoms with Crippen molar-refractivity contribution < 1.29 is 4.79 Å². The van der Waals surface area contributed by atoms with Crippen LogP contribution in [0.5, 0.6) is 0 Å². The summed E-state index contributed by atoms with van der Waals surface area (Å²) < 4.78 is 0. The van der Waals surface area contributed by atoms with E-state index in [1.165, 1.54) is 19.3 Å². The fraction of sp³-hybridized carbons (Fsp3) is 0.588. The molecule has 1 aromatic rings. The minimum atomic E-state index is 0.0605. The summed E-state index contributed by atoms with van der Waals surface area (Å²) in [5, 5.41) is 3.59. The van der Waals surface area contributed by atoms with Crippen LogP contribution in [0.3, 0.4) is 0 Å². The molecule has 20 heavy (non-hydrogen) atoms. The number of hydrogen-bond acceptors (Lipinski definition) is 2. The zero-order valence-corrected chi connectivity index (χ0v) is 13.0. The highest BCUT2D eigenvalue weighted by molar-refractivity contribution is 5.99. The third-order valence-corrected chi connectivity index (χ3v) is 4.52.